The summed E-state index contributed by atoms with van der Waals surface area (Å²) in [4.78, 5) is 9.87. The second kappa shape index (κ2) is 9.46. The third-order valence-corrected chi connectivity index (χ3v) is 4.81. The number of thiazole rings is 1. The highest BCUT2D eigenvalue weighted by molar-refractivity contribution is 7.98. The van der Waals surface area contributed by atoms with Gasteiger partial charge in [-0.2, -0.15) is 16.3 Å². The summed E-state index contributed by atoms with van der Waals surface area (Å²) in [7, 11) is 0. The van der Waals surface area contributed by atoms with Crippen LogP contribution in [-0.4, -0.2) is 22.0 Å². The molecule has 0 aliphatic heterocycles. The van der Waals surface area contributed by atoms with Crippen LogP contribution in [0.2, 0.25) is 0 Å². The zero-order valence-electron chi connectivity index (χ0n) is 12.3. The van der Waals surface area contributed by atoms with Gasteiger partial charge >= 0.3 is 0 Å². The van der Waals surface area contributed by atoms with Crippen LogP contribution in [0.1, 0.15) is 22.0 Å². The van der Waals surface area contributed by atoms with Crippen LogP contribution < -0.4 is 22.7 Å². The maximum absolute atomic E-state index is 5.94. The molecule has 0 aromatic carbocycles. The van der Waals surface area contributed by atoms with Crippen molar-refractivity contribution < 1.29 is 17.0 Å². The van der Waals surface area contributed by atoms with E-state index < -0.39 is 0 Å². The minimum atomic E-state index is 0. The van der Waals surface area contributed by atoms with Crippen LogP contribution in [-0.2, 0) is 13.0 Å². The Hall–Kier alpha value is -0.560. The second-order valence-corrected chi connectivity index (χ2v) is 6.36. The molecule has 0 atom stereocenters. The minimum absolute atomic E-state index is 0. The van der Waals surface area contributed by atoms with Crippen molar-refractivity contribution >= 4 is 41.3 Å². The Labute approximate surface area is 146 Å². The van der Waals surface area contributed by atoms with Crippen molar-refractivity contribution in [2.24, 2.45) is 0 Å². The second-order valence-electron chi connectivity index (χ2n) is 4.43. The first-order valence-electron chi connectivity index (χ1n) is 6.15. The molecule has 2 heterocycles. The Balaban J connectivity index is 0.00000200. The minimum Gasteiger partial charge on any atom is -1.00 e. The molecule has 2 N–H and O–H groups in total. The smallest absolute Gasteiger partial charge is 0.225 e. The fourth-order valence-corrected chi connectivity index (χ4v) is 3.39. The van der Waals surface area contributed by atoms with Crippen molar-refractivity contribution in [1.29, 1.82) is 0 Å². The van der Waals surface area contributed by atoms with E-state index in [-0.39, 0.29) is 24.8 Å². The number of nitrogen functional groups attached to an aromatic ring is 1. The van der Waals surface area contributed by atoms with Gasteiger partial charge in [-0.25, -0.2) is 9.97 Å². The monoisotopic (exact) mass is 366 g/mol. The molecule has 0 saturated carbocycles. The summed E-state index contributed by atoms with van der Waals surface area (Å²) in [6.07, 6.45) is 5.09. The summed E-state index contributed by atoms with van der Waals surface area (Å²) in [5, 5.41) is 0. The molecule has 0 aliphatic carbocycles. The van der Waals surface area contributed by atoms with Gasteiger partial charge in [0.1, 0.15) is 11.6 Å². The molecule has 4 nitrogen and oxygen atoms in total. The van der Waals surface area contributed by atoms with Crippen LogP contribution in [0.25, 0.3) is 0 Å². The first kappa shape index (κ1) is 20.4. The van der Waals surface area contributed by atoms with Gasteiger partial charge in [-0.1, -0.05) is 11.3 Å². The predicted molar refractivity (Wildman–Crippen MR) is 88.9 cm³/mol. The molecule has 0 radical (unpaired) electrons. The SMILES string of the molecule is CSCCc1sc[n+](Cc2cnc(C)nc2N)c1C.Cl.[Cl-]. The van der Waals surface area contributed by atoms with Gasteiger partial charge in [0.25, 0.3) is 0 Å². The Morgan fingerprint density at radius 2 is 2.10 bits per heavy atom. The highest BCUT2D eigenvalue weighted by Gasteiger charge is 2.17. The van der Waals surface area contributed by atoms with E-state index in [9.17, 15) is 0 Å². The summed E-state index contributed by atoms with van der Waals surface area (Å²) >= 11 is 3.69. The number of hydrogen-bond donors (Lipinski definition) is 1. The van der Waals surface area contributed by atoms with E-state index in [1.807, 2.05) is 36.2 Å². The van der Waals surface area contributed by atoms with Gasteiger partial charge in [-0.05, 0) is 25.4 Å². The first-order chi connectivity index (χ1) is 9.11. The zero-order chi connectivity index (χ0) is 13.8. The van der Waals surface area contributed by atoms with Gasteiger partial charge in [0.2, 0.25) is 5.51 Å². The van der Waals surface area contributed by atoms with E-state index >= 15 is 0 Å². The van der Waals surface area contributed by atoms with E-state index in [1.165, 1.54) is 10.6 Å². The van der Waals surface area contributed by atoms with Crippen molar-refractivity contribution in [1.82, 2.24) is 9.97 Å². The zero-order valence-corrected chi connectivity index (χ0v) is 15.5. The number of nitrogens with two attached hydrogens (primary N) is 1. The molecule has 0 fully saturated rings. The molecule has 21 heavy (non-hydrogen) atoms. The van der Waals surface area contributed by atoms with Crippen LogP contribution in [0.15, 0.2) is 11.7 Å². The maximum Gasteiger partial charge on any atom is 0.225 e. The lowest BCUT2D eigenvalue weighted by molar-refractivity contribution is -0.689. The number of halogens is 2. The lowest BCUT2D eigenvalue weighted by Gasteiger charge is -2.02. The van der Waals surface area contributed by atoms with Crippen molar-refractivity contribution in [3.05, 3.63) is 33.7 Å². The molecule has 118 valence electrons. The van der Waals surface area contributed by atoms with Crippen molar-refractivity contribution in [2.75, 3.05) is 17.7 Å². The third-order valence-electron chi connectivity index (χ3n) is 3.05. The lowest BCUT2D eigenvalue weighted by Crippen LogP contribution is -3.00. The number of rotatable bonds is 5. The normalized spacial score (nSPS) is 9.86. The third kappa shape index (κ3) is 5.29. The summed E-state index contributed by atoms with van der Waals surface area (Å²) in [6, 6.07) is 0. The van der Waals surface area contributed by atoms with Gasteiger partial charge in [-0.3, -0.25) is 0 Å². The average Bonchev–Trinajstić information content (AvgIpc) is 2.72. The van der Waals surface area contributed by atoms with Gasteiger partial charge in [0, 0.05) is 13.1 Å². The average molecular weight is 367 g/mol. The molecular formula is C13H20Cl2N4S2. The van der Waals surface area contributed by atoms with Gasteiger partial charge in [0.15, 0.2) is 12.2 Å². The van der Waals surface area contributed by atoms with E-state index in [2.05, 4.69) is 33.2 Å². The standard InChI is InChI=1S/C13H19N4S2.2ClH/c1-9-12(4-5-18-3)19-8-17(9)7-11-6-15-10(2)16-13(11)14;;/h6,8H,4-5,7H2,1-3H3,(H2,14,15,16);2*1H/q+1;;/p-1. The highest BCUT2D eigenvalue weighted by atomic mass is 35.5. The number of aromatic nitrogens is 3. The number of aryl methyl sites for hydroxylation is 2. The summed E-state index contributed by atoms with van der Waals surface area (Å²) in [6.45, 7) is 4.76. The predicted octanol–water partition coefficient (Wildman–Crippen LogP) is -0.596. The molecule has 0 unspecified atom stereocenters. The number of hydrogen-bond acceptors (Lipinski definition) is 5. The van der Waals surface area contributed by atoms with E-state index in [0.717, 1.165) is 24.3 Å². The van der Waals surface area contributed by atoms with Crippen LogP contribution >= 0.6 is 35.5 Å². The van der Waals surface area contributed by atoms with Crippen molar-refractivity contribution in [3.8, 4) is 0 Å². The Bertz CT molecular complexity index is 575. The quantitative estimate of drug-likeness (QED) is 0.718. The van der Waals surface area contributed by atoms with E-state index in [1.54, 1.807) is 0 Å². The molecule has 2 aromatic heterocycles. The number of anilines is 1. The molecule has 0 bridgehead atoms. The Morgan fingerprint density at radius 1 is 1.38 bits per heavy atom. The van der Waals surface area contributed by atoms with Crippen LogP contribution in [0.3, 0.4) is 0 Å². The Morgan fingerprint density at radius 3 is 2.71 bits per heavy atom. The molecule has 0 spiro atoms. The largest absolute Gasteiger partial charge is 1.00 e. The number of nitrogens with zero attached hydrogens (tertiary/aromatic N) is 3. The molecule has 0 amide bonds. The topological polar surface area (TPSA) is 55.7 Å². The van der Waals surface area contributed by atoms with E-state index in [0.29, 0.717) is 11.6 Å². The fraction of sp³-hybridized carbons (Fsp3) is 0.462. The lowest BCUT2D eigenvalue weighted by atomic mass is 10.2. The van der Waals surface area contributed by atoms with Crippen LogP contribution in [0.4, 0.5) is 5.82 Å². The summed E-state index contributed by atoms with van der Waals surface area (Å²) in [5.41, 5.74) is 10.4. The number of thioether (sulfide) groups is 1. The van der Waals surface area contributed by atoms with Gasteiger partial charge < -0.3 is 18.1 Å². The Kier molecular flexibility index (Phi) is 9.20. The molecule has 8 heteroatoms. The molecule has 0 saturated heterocycles. The van der Waals surface area contributed by atoms with Gasteiger partial charge in [0.05, 0.1) is 10.4 Å². The highest BCUT2D eigenvalue weighted by Crippen LogP contribution is 2.15. The summed E-state index contributed by atoms with van der Waals surface area (Å²) < 4.78 is 2.23. The van der Waals surface area contributed by atoms with Crippen LogP contribution in [0, 0.1) is 13.8 Å². The van der Waals surface area contributed by atoms with Crippen molar-refractivity contribution in [3.63, 3.8) is 0 Å². The van der Waals surface area contributed by atoms with Crippen molar-refractivity contribution in [2.45, 2.75) is 26.8 Å². The molecule has 2 aromatic rings. The fourth-order valence-electron chi connectivity index (χ4n) is 1.86. The molecule has 0 aliphatic rings. The summed E-state index contributed by atoms with van der Waals surface area (Å²) in [5.74, 6) is 2.46. The van der Waals surface area contributed by atoms with Crippen LogP contribution in [0.5, 0.6) is 0 Å². The molecule has 2 rings (SSSR count). The van der Waals surface area contributed by atoms with E-state index in [4.69, 9.17) is 5.73 Å². The first-order valence-corrected chi connectivity index (χ1v) is 8.42. The molecular weight excluding hydrogens is 347 g/mol. The maximum atomic E-state index is 5.94. The van der Waals surface area contributed by atoms with Gasteiger partial charge in [-0.15, -0.1) is 12.4 Å².